The normalized spacial score (nSPS) is 49.3. The zero-order valence-electron chi connectivity index (χ0n) is 39.9. The van der Waals surface area contributed by atoms with Crippen LogP contribution in [-0.2, 0) is 57.0 Å². The predicted molar refractivity (Wildman–Crippen MR) is 224 cm³/mol. The number of methoxy groups -OCH3 is 2. The van der Waals surface area contributed by atoms with Crippen LogP contribution >= 0.6 is 0 Å². The second-order valence-corrected chi connectivity index (χ2v) is 19.5. The van der Waals surface area contributed by atoms with Crippen molar-refractivity contribution in [2.24, 2.45) is 23.7 Å². The van der Waals surface area contributed by atoms with Crippen molar-refractivity contribution < 1.29 is 92.8 Å². The number of rotatable bonds is 11. The molecule has 23 atom stereocenters. The molecule has 4 saturated heterocycles. The van der Waals surface area contributed by atoms with Gasteiger partial charge in [0.15, 0.2) is 25.0 Å². The number of hydrogen-bond acceptors (Lipinski definition) is 19. The Morgan fingerprint density at radius 1 is 0.766 bits per heavy atom. The van der Waals surface area contributed by atoms with E-state index >= 15 is 0 Å². The van der Waals surface area contributed by atoms with Crippen LogP contribution in [0.1, 0.15) is 94.9 Å². The number of aliphatic hydroxyl groups is 6. The van der Waals surface area contributed by atoms with Crippen LogP contribution in [-0.4, -0.2) is 202 Å². The number of carboxylic acid groups (broad SMARTS) is 1. The van der Waals surface area contributed by atoms with Gasteiger partial charge in [-0.3, -0.25) is 9.59 Å². The molecule has 0 amide bonds. The lowest BCUT2D eigenvalue weighted by atomic mass is 9.74. The number of ether oxygens (including phenoxy) is 9. The summed E-state index contributed by atoms with van der Waals surface area (Å²) in [5.74, 6) is -6.86. The van der Waals surface area contributed by atoms with E-state index in [-0.39, 0.29) is 19.3 Å². The zero-order chi connectivity index (χ0) is 48.5. The van der Waals surface area contributed by atoms with E-state index in [1.807, 2.05) is 4.90 Å². The van der Waals surface area contributed by atoms with Crippen molar-refractivity contribution in [2.75, 3.05) is 28.3 Å². The summed E-state index contributed by atoms with van der Waals surface area (Å²) in [4.78, 5) is 42.6. The van der Waals surface area contributed by atoms with E-state index in [1.54, 1.807) is 69.5 Å². The maximum absolute atomic E-state index is 14.5. The number of aliphatic hydroxyl groups excluding tert-OH is 5. The molecule has 0 spiro atoms. The van der Waals surface area contributed by atoms with Gasteiger partial charge in [0.05, 0.1) is 47.6 Å². The molecule has 20 heteroatoms. The van der Waals surface area contributed by atoms with E-state index in [2.05, 4.69) is 0 Å². The van der Waals surface area contributed by atoms with Crippen LogP contribution in [0.15, 0.2) is 0 Å². The molecular weight excluding hydrogens is 846 g/mol. The maximum atomic E-state index is 14.5. The highest BCUT2D eigenvalue weighted by atomic mass is 16.8. The van der Waals surface area contributed by atoms with Crippen LogP contribution in [0.25, 0.3) is 0 Å². The topological polar surface area (TPSA) is 279 Å². The summed E-state index contributed by atoms with van der Waals surface area (Å²) in [6, 6.07) is -0.558. The van der Waals surface area contributed by atoms with Gasteiger partial charge in [0, 0.05) is 44.4 Å². The molecule has 0 aromatic heterocycles. The minimum absolute atomic E-state index is 0.0280. The molecular formula is C44H77NO19. The first kappa shape index (κ1) is 54.6. The van der Waals surface area contributed by atoms with Crippen LogP contribution < -0.4 is 0 Å². The Morgan fingerprint density at radius 2 is 1.38 bits per heavy atom. The third-order valence-electron chi connectivity index (χ3n) is 14.3. The fraction of sp³-hybridized carbons (Fsp3) is 0.932. The predicted octanol–water partition coefficient (Wildman–Crippen LogP) is 0.356. The summed E-state index contributed by atoms with van der Waals surface area (Å²) in [6.45, 7) is 16.4. The highest BCUT2D eigenvalue weighted by Crippen LogP contribution is 2.42. The number of hydrogen-bond donors (Lipinski definition) is 7. The molecule has 0 bridgehead atoms. The van der Waals surface area contributed by atoms with Crippen molar-refractivity contribution in [3.8, 4) is 0 Å². The first-order chi connectivity index (χ1) is 29.6. The summed E-state index contributed by atoms with van der Waals surface area (Å²) < 4.78 is 56.6. The average molecular weight is 924 g/mol. The van der Waals surface area contributed by atoms with Crippen LogP contribution in [0, 0.1) is 23.7 Å². The molecule has 20 nitrogen and oxygen atoms in total. The standard InChI is InChI=1S/C44H77NO19/c1-15-26-44(10,55)35(50)21(4)28(46)19(2)17-43(9,57-14)37(22(5)32(23(6)39(54)60-26)61-27-18-42(8,56-13)36(51)24(7)59-27)64-41-33(25(45(11)12)16-20(3)58-41)62-40-31(49)29(47)30(48)34(63-40)38(52)53/h19-27,29-37,40-41,47-51,55H,15-18H2,1-14H3,(H,52,53)/t19-,20-,21+,22+,23-,24+,25+,26-,27+,29?,30?,31?,32+,33-,34?,35-,36+,37-,40?,41+,42-,43-,44-/m1/s1. The van der Waals surface area contributed by atoms with E-state index in [4.69, 9.17) is 42.6 Å². The van der Waals surface area contributed by atoms with Gasteiger partial charge in [0.25, 0.3) is 0 Å². The van der Waals surface area contributed by atoms with Crippen molar-refractivity contribution in [1.82, 2.24) is 4.90 Å². The van der Waals surface area contributed by atoms with Gasteiger partial charge in [-0.05, 0) is 74.9 Å². The van der Waals surface area contributed by atoms with Crippen molar-refractivity contribution in [2.45, 2.75) is 210 Å². The molecule has 0 saturated carbocycles. The van der Waals surface area contributed by atoms with Gasteiger partial charge < -0.3 is 83.3 Å². The van der Waals surface area contributed by atoms with Gasteiger partial charge in [0.2, 0.25) is 0 Å². The SMILES string of the molecule is CC[C@H]1OC(=O)[C@H](C)[C@@H](O[C@H]2C[C@@](C)(OC)[C@@H](O)[C@H](C)O2)[C@H](C)[C@@H](O[C@@H]2O[C@H](C)C[C@H](N(C)C)[C@H]2OC2OC(C(=O)O)C(O)C(O)C2O)[C@](C)(OC)C[C@@H](C)C(=O)[C@H](C)[C@@H](O)[C@]1(C)O. The molecule has 372 valence electrons. The van der Waals surface area contributed by atoms with Crippen molar-refractivity contribution >= 4 is 17.7 Å². The van der Waals surface area contributed by atoms with E-state index in [1.165, 1.54) is 28.1 Å². The van der Waals surface area contributed by atoms with Crippen LogP contribution in [0.4, 0.5) is 0 Å². The van der Waals surface area contributed by atoms with Gasteiger partial charge >= 0.3 is 11.9 Å². The highest BCUT2D eigenvalue weighted by molar-refractivity contribution is 5.83. The Hall–Kier alpha value is -1.99. The molecule has 64 heavy (non-hydrogen) atoms. The Balaban J connectivity index is 1.91. The molecule has 4 aliphatic rings. The monoisotopic (exact) mass is 924 g/mol. The van der Waals surface area contributed by atoms with E-state index in [0.717, 1.165) is 0 Å². The number of carbonyl (C=O) groups excluding carboxylic acids is 2. The van der Waals surface area contributed by atoms with E-state index in [9.17, 15) is 50.1 Å². The second-order valence-electron chi connectivity index (χ2n) is 19.5. The third-order valence-corrected chi connectivity index (χ3v) is 14.3. The van der Waals surface area contributed by atoms with Crippen molar-refractivity contribution in [3.63, 3.8) is 0 Å². The van der Waals surface area contributed by atoms with Crippen LogP contribution in [0.5, 0.6) is 0 Å². The van der Waals surface area contributed by atoms with Gasteiger partial charge in [-0.2, -0.15) is 0 Å². The van der Waals surface area contributed by atoms with Gasteiger partial charge in [-0.1, -0.05) is 27.7 Å². The maximum Gasteiger partial charge on any atom is 0.335 e. The van der Waals surface area contributed by atoms with Gasteiger partial charge in [-0.15, -0.1) is 0 Å². The lowest BCUT2D eigenvalue weighted by molar-refractivity contribution is -0.359. The van der Waals surface area contributed by atoms with Crippen molar-refractivity contribution in [1.29, 1.82) is 0 Å². The Labute approximate surface area is 376 Å². The summed E-state index contributed by atoms with van der Waals surface area (Å²) in [5, 5.41) is 76.4. The molecule has 4 fully saturated rings. The first-order valence-electron chi connectivity index (χ1n) is 22.4. The molecule has 0 aliphatic carbocycles. The summed E-state index contributed by atoms with van der Waals surface area (Å²) in [7, 11) is 6.42. The summed E-state index contributed by atoms with van der Waals surface area (Å²) in [5.41, 5.74) is -4.64. The number of esters is 1. The Bertz CT molecular complexity index is 1570. The third kappa shape index (κ3) is 11.3. The van der Waals surface area contributed by atoms with Crippen LogP contribution in [0.2, 0.25) is 0 Å². The largest absolute Gasteiger partial charge is 0.479 e. The lowest BCUT2D eigenvalue weighted by Gasteiger charge is -2.51. The fourth-order valence-electron chi connectivity index (χ4n) is 10.0. The van der Waals surface area contributed by atoms with Gasteiger partial charge in [0.1, 0.15) is 48.0 Å². The smallest absolute Gasteiger partial charge is 0.335 e. The average Bonchev–Trinajstić information content (AvgIpc) is 3.23. The zero-order valence-corrected chi connectivity index (χ0v) is 39.9. The van der Waals surface area contributed by atoms with E-state index < -0.39 is 156 Å². The number of carboxylic acids is 1. The molecule has 7 N–H and O–H groups in total. The number of aliphatic carboxylic acids is 1. The molecule has 0 aromatic carbocycles. The molecule has 4 rings (SSSR count). The fourth-order valence-corrected chi connectivity index (χ4v) is 10.0. The molecule has 0 radical (unpaired) electrons. The molecule has 4 aliphatic heterocycles. The van der Waals surface area contributed by atoms with Gasteiger partial charge in [-0.25, -0.2) is 4.79 Å². The number of likely N-dealkylation sites (N-methyl/N-ethyl adjacent to an activating group) is 1. The second kappa shape index (κ2) is 21.5. The summed E-state index contributed by atoms with van der Waals surface area (Å²) in [6.07, 6.45) is -20.4. The number of Topliss-reactive ketones (excluding diaryl/α,β-unsaturated/α-hetero) is 1. The molecule has 4 heterocycles. The minimum atomic E-state index is -2.05. The van der Waals surface area contributed by atoms with E-state index in [0.29, 0.717) is 6.42 Å². The minimum Gasteiger partial charge on any atom is -0.479 e. The Kier molecular flexibility index (Phi) is 18.4. The number of nitrogens with zero attached hydrogens (tertiary/aromatic N) is 1. The Morgan fingerprint density at radius 3 is 1.92 bits per heavy atom. The quantitative estimate of drug-likeness (QED) is 0.138. The molecule has 5 unspecified atom stereocenters. The summed E-state index contributed by atoms with van der Waals surface area (Å²) >= 11 is 0. The highest BCUT2D eigenvalue weighted by Gasteiger charge is 2.56. The first-order valence-corrected chi connectivity index (χ1v) is 22.4. The lowest BCUT2D eigenvalue weighted by Crippen LogP contribution is -2.65. The molecule has 0 aromatic rings. The number of ketones is 1. The number of cyclic esters (lactones) is 1. The van der Waals surface area contributed by atoms with Crippen molar-refractivity contribution in [3.05, 3.63) is 0 Å². The number of carbonyl (C=O) groups is 3. The van der Waals surface area contributed by atoms with Crippen LogP contribution in [0.3, 0.4) is 0 Å².